The fraction of sp³-hybridized carbons (Fsp3) is 0.0952. The van der Waals surface area contributed by atoms with E-state index in [-0.39, 0.29) is 11.1 Å². The molecular formula is C21H8Br2F6N2O3. The average Bonchev–Trinajstić information content (AvgIpc) is 3.39. The molecule has 2 aromatic heterocycles. The molecule has 0 aliphatic heterocycles. The normalized spacial score (nSPS) is 12.2. The van der Waals surface area contributed by atoms with E-state index in [2.05, 4.69) is 51.2 Å². The Kier molecular flexibility index (Phi) is 6.19. The van der Waals surface area contributed by atoms with Crippen LogP contribution in [0, 0.1) is 0 Å². The van der Waals surface area contributed by atoms with Gasteiger partial charge in [0.05, 0.1) is 0 Å². The predicted molar refractivity (Wildman–Crippen MR) is 113 cm³/mol. The Hall–Kier alpha value is -2.93. The van der Waals surface area contributed by atoms with Crippen LogP contribution in [-0.4, -0.2) is 16.1 Å². The summed E-state index contributed by atoms with van der Waals surface area (Å²) < 4.78 is 93.7. The van der Waals surface area contributed by atoms with Crippen LogP contribution in [0.4, 0.5) is 26.3 Å². The van der Waals surface area contributed by atoms with Gasteiger partial charge in [0.1, 0.15) is 22.5 Å². The number of carbonyl (C=O) groups excluding carboxylic acids is 1. The molecule has 13 heteroatoms. The monoisotopic (exact) mass is 608 g/mol. The first kappa shape index (κ1) is 24.2. The van der Waals surface area contributed by atoms with Gasteiger partial charge >= 0.3 is 12.4 Å². The Morgan fingerprint density at radius 3 is 1.26 bits per heavy atom. The fourth-order valence-electron chi connectivity index (χ4n) is 3.13. The minimum absolute atomic E-state index is 0.0671. The lowest BCUT2D eigenvalue weighted by Crippen LogP contribution is -2.16. The van der Waals surface area contributed by atoms with E-state index < -0.39 is 52.2 Å². The zero-order chi connectivity index (χ0) is 24.8. The number of benzene rings is 2. The van der Waals surface area contributed by atoms with E-state index in [9.17, 15) is 31.1 Å². The van der Waals surface area contributed by atoms with Crippen molar-refractivity contribution in [1.82, 2.24) is 10.3 Å². The van der Waals surface area contributed by atoms with Gasteiger partial charge in [0.15, 0.2) is 0 Å². The van der Waals surface area contributed by atoms with Gasteiger partial charge in [-0.25, -0.2) is 0 Å². The third kappa shape index (κ3) is 4.53. The van der Waals surface area contributed by atoms with Gasteiger partial charge < -0.3 is 9.05 Å². The summed E-state index contributed by atoms with van der Waals surface area (Å²) >= 11 is 6.28. The number of nitrogens with zero attached hydrogens (tertiary/aromatic N) is 2. The second kappa shape index (κ2) is 8.69. The Balaban J connectivity index is 1.88. The van der Waals surface area contributed by atoms with Crippen molar-refractivity contribution in [2.75, 3.05) is 0 Å². The molecule has 0 N–H and O–H groups in total. The molecule has 0 bridgehead atoms. The van der Waals surface area contributed by atoms with Gasteiger partial charge in [-0.2, -0.15) is 26.3 Å². The van der Waals surface area contributed by atoms with E-state index in [1.807, 2.05) is 0 Å². The van der Waals surface area contributed by atoms with Gasteiger partial charge in [0, 0.05) is 20.1 Å². The molecule has 0 radical (unpaired) electrons. The second-order valence-corrected chi connectivity index (χ2v) is 8.64. The van der Waals surface area contributed by atoms with Crippen molar-refractivity contribution in [2.45, 2.75) is 12.4 Å². The van der Waals surface area contributed by atoms with E-state index in [0.717, 1.165) is 0 Å². The third-order valence-corrected chi connectivity index (χ3v) is 5.66. The zero-order valence-corrected chi connectivity index (χ0v) is 19.4. The van der Waals surface area contributed by atoms with Crippen molar-refractivity contribution >= 4 is 37.6 Å². The number of halogens is 8. The molecule has 2 aromatic carbocycles. The summed E-state index contributed by atoms with van der Waals surface area (Å²) in [7, 11) is 0. The van der Waals surface area contributed by atoms with Crippen LogP contribution in [0.15, 0.2) is 66.5 Å². The van der Waals surface area contributed by atoms with Crippen LogP contribution in [0.3, 0.4) is 0 Å². The number of carbonyl (C=O) groups is 1. The minimum atomic E-state index is -5.18. The molecule has 0 fully saturated rings. The van der Waals surface area contributed by atoms with Crippen molar-refractivity contribution in [3.8, 4) is 22.5 Å². The van der Waals surface area contributed by atoms with Gasteiger partial charge in [-0.15, -0.1) is 0 Å². The van der Waals surface area contributed by atoms with Crippen molar-refractivity contribution < 1.29 is 40.2 Å². The number of hydrogen-bond acceptors (Lipinski definition) is 5. The van der Waals surface area contributed by atoms with Crippen LogP contribution in [0.1, 0.15) is 27.4 Å². The van der Waals surface area contributed by atoms with Gasteiger partial charge in [-0.1, -0.05) is 66.4 Å². The summed E-state index contributed by atoms with van der Waals surface area (Å²) in [5.74, 6) is -4.70. The molecule has 0 aliphatic carbocycles. The van der Waals surface area contributed by atoms with Crippen molar-refractivity contribution in [1.29, 1.82) is 0 Å². The van der Waals surface area contributed by atoms with Crippen LogP contribution in [0.25, 0.3) is 22.5 Å². The minimum Gasteiger partial charge on any atom is -0.351 e. The summed E-state index contributed by atoms with van der Waals surface area (Å²) in [6.45, 7) is 0. The highest BCUT2D eigenvalue weighted by molar-refractivity contribution is 9.10. The van der Waals surface area contributed by atoms with Gasteiger partial charge in [0.25, 0.3) is 5.78 Å². The number of rotatable bonds is 4. The summed E-state index contributed by atoms with van der Waals surface area (Å²) in [5, 5.41) is 6.63. The Labute approximate surface area is 203 Å². The molecule has 5 nitrogen and oxygen atoms in total. The van der Waals surface area contributed by atoms with E-state index in [4.69, 9.17) is 0 Å². The molecule has 4 rings (SSSR count). The van der Waals surface area contributed by atoms with E-state index in [1.165, 1.54) is 48.5 Å². The molecule has 0 spiro atoms. The molecular weight excluding hydrogens is 602 g/mol. The quantitative estimate of drug-likeness (QED) is 0.174. The van der Waals surface area contributed by atoms with Crippen molar-refractivity contribution in [2.24, 2.45) is 0 Å². The number of ketones is 1. The van der Waals surface area contributed by atoms with Gasteiger partial charge in [0.2, 0.25) is 11.5 Å². The molecule has 0 aliphatic rings. The van der Waals surface area contributed by atoms with Crippen LogP contribution in [-0.2, 0) is 12.4 Å². The first-order valence-corrected chi connectivity index (χ1v) is 10.7. The second-order valence-electron chi connectivity index (χ2n) is 6.81. The maximum atomic E-state index is 13.9. The smallest absolute Gasteiger partial charge is 0.351 e. The van der Waals surface area contributed by atoms with Crippen LogP contribution < -0.4 is 0 Å². The Bertz CT molecular complexity index is 1250. The maximum absolute atomic E-state index is 13.9. The summed E-state index contributed by atoms with van der Waals surface area (Å²) in [6.07, 6.45) is -10.4. The summed E-state index contributed by atoms with van der Waals surface area (Å²) in [5.41, 5.74) is -4.91. The SMILES string of the molecule is O=C(c1onc(-c2ccc(Br)cc2)c1C(F)(F)F)c1onc(-c2ccc(Br)cc2)c1C(F)(F)F. The summed E-state index contributed by atoms with van der Waals surface area (Å²) in [4.78, 5) is 12.9. The van der Waals surface area contributed by atoms with E-state index in [1.54, 1.807) is 0 Å². The van der Waals surface area contributed by atoms with E-state index in [0.29, 0.717) is 8.95 Å². The highest BCUT2D eigenvalue weighted by Crippen LogP contribution is 2.43. The Morgan fingerprint density at radius 1 is 0.647 bits per heavy atom. The summed E-state index contributed by atoms with van der Waals surface area (Å²) in [6, 6.07) is 10.8. The van der Waals surface area contributed by atoms with Gasteiger partial charge in [-0.3, -0.25) is 4.79 Å². The molecule has 0 amide bonds. The molecule has 0 saturated carbocycles. The first-order valence-electron chi connectivity index (χ1n) is 9.08. The molecule has 0 unspecified atom stereocenters. The van der Waals surface area contributed by atoms with Crippen LogP contribution in [0.2, 0.25) is 0 Å². The van der Waals surface area contributed by atoms with Crippen LogP contribution in [0.5, 0.6) is 0 Å². The third-order valence-electron chi connectivity index (χ3n) is 4.60. The fourth-order valence-corrected chi connectivity index (χ4v) is 3.66. The molecule has 34 heavy (non-hydrogen) atoms. The first-order chi connectivity index (χ1) is 15.9. The van der Waals surface area contributed by atoms with Gasteiger partial charge in [-0.05, 0) is 24.3 Å². The largest absolute Gasteiger partial charge is 0.422 e. The lowest BCUT2D eigenvalue weighted by atomic mass is 10.00. The van der Waals surface area contributed by atoms with Crippen LogP contribution >= 0.6 is 31.9 Å². The molecule has 2 heterocycles. The average molecular weight is 610 g/mol. The topological polar surface area (TPSA) is 69.1 Å². The Morgan fingerprint density at radius 2 is 0.971 bits per heavy atom. The zero-order valence-electron chi connectivity index (χ0n) is 16.3. The number of aromatic nitrogens is 2. The van der Waals surface area contributed by atoms with Crippen molar-refractivity contribution in [3.05, 3.63) is 80.1 Å². The standard InChI is InChI=1S/C21H8Br2F6N2O3/c22-11-5-1-9(2-6-11)15-13(20(24,25)26)18(33-30-15)17(32)19-14(21(27,28)29)16(31-34-19)10-3-7-12(23)8-4-10/h1-8H. The predicted octanol–water partition coefficient (Wildman–Crippen LogP) is 7.79. The lowest BCUT2D eigenvalue weighted by Gasteiger charge is -2.09. The lowest BCUT2D eigenvalue weighted by molar-refractivity contribution is -0.138. The molecule has 0 atom stereocenters. The number of hydrogen-bond donors (Lipinski definition) is 0. The highest BCUT2D eigenvalue weighted by Gasteiger charge is 2.48. The molecule has 0 saturated heterocycles. The van der Waals surface area contributed by atoms with E-state index >= 15 is 0 Å². The molecule has 176 valence electrons. The maximum Gasteiger partial charge on any atom is 0.422 e. The molecule has 4 aromatic rings. The van der Waals surface area contributed by atoms with Crippen molar-refractivity contribution in [3.63, 3.8) is 0 Å². The number of alkyl halides is 6. The highest BCUT2D eigenvalue weighted by atomic mass is 79.9.